The van der Waals surface area contributed by atoms with Gasteiger partial charge in [0.25, 0.3) is 0 Å². The van der Waals surface area contributed by atoms with Crippen molar-refractivity contribution >= 4 is 5.91 Å². The standard InChI is InChI=1S/C24H46N6O8/c1-5-29-15-8-14(27)18(37-22-13(26)7-6-12(36-22)9-30-21(33)11(2)25)16(31)19(15)38-23-17(32)20(28-4)24(3,34)10-35-23/h6,11,13-20,22-23,28-29,31-32,34H,5,7-10,25-27H2,1-4H3,(H,30,33)/t11-,13?,14+,15-,16+,17-,18-,19+,20-,22-,23-,24+/m1/s1. The molecule has 0 aromatic rings. The number of amides is 1. The van der Waals surface area contributed by atoms with E-state index in [0.29, 0.717) is 25.1 Å². The second kappa shape index (κ2) is 13.3. The fraction of sp³-hybridized carbons (Fsp3) is 0.875. The summed E-state index contributed by atoms with van der Waals surface area (Å²) in [7, 11) is 1.63. The predicted octanol–water partition coefficient (Wildman–Crippen LogP) is -3.70. The maximum atomic E-state index is 11.8. The van der Waals surface area contributed by atoms with Gasteiger partial charge in [0, 0.05) is 12.1 Å². The van der Waals surface area contributed by atoms with Crippen LogP contribution in [0.2, 0.25) is 0 Å². The highest BCUT2D eigenvalue weighted by Crippen LogP contribution is 2.32. The van der Waals surface area contributed by atoms with Crippen LogP contribution in [0.5, 0.6) is 0 Å². The average Bonchev–Trinajstić information content (AvgIpc) is 2.85. The van der Waals surface area contributed by atoms with Gasteiger partial charge in [-0.15, -0.1) is 0 Å². The molecule has 1 amide bonds. The summed E-state index contributed by atoms with van der Waals surface area (Å²) < 4.78 is 23.8. The second-order valence-electron chi connectivity index (χ2n) is 10.6. The lowest BCUT2D eigenvalue weighted by molar-refractivity contribution is -0.304. The van der Waals surface area contributed by atoms with Gasteiger partial charge in [-0.25, -0.2) is 0 Å². The fourth-order valence-electron chi connectivity index (χ4n) is 5.17. The minimum Gasteiger partial charge on any atom is -0.466 e. The van der Waals surface area contributed by atoms with Gasteiger partial charge in [0.15, 0.2) is 6.29 Å². The molecule has 3 aliphatic rings. The molecule has 220 valence electrons. The SMILES string of the molecule is CCN[C@@H]1C[C@H](N)[C@@H](O[C@H]2OC(CNC(=O)[C@@H](C)N)=CCC2N)[C@H](O)[C@H]1O[C@H]1OC[C@](C)(O)[C@H](NC)[C@H]1O. The van der Waals surface area contributed by atoms with E-state index >= 15 is 0 Å². The first kappa shape index (κ1) is 31.1. The third-order valence-corrected chi connectivity index (χ3v) is 7.29. The van der Waals surface area contributed by atoms with Crippen LogP contribution < -0.4 is 33.2 Å². The van der Waals surface area contributed by atoms with Crippen molar-refractivity contribution in [2.24, 2.45) is 17.2 Å². The quantitative estimate of drug-likeness (QED) is 0.129. The molecule has 0 aromatic carbocycles. The van der Waals surface area contributed by atoms with E-state index < -0.39 is 66.8 Å². The Balaban J connectivity index is 1.70. The van der Waals surface area contributed by atoms with Gasteiger partial charge in [0.05, 0.1) is 31.3 Å². The zero-order chi connectivity index (χ0) is 28.2. The zero-order valence-electron chi connectivity index (χ0n) is 22.6. The number of likely N-dealkylation sites (N-methyl/N-ethyl adjacent to an activating group) is 2. The Bertz CT molecular complexity index is 817. The molecular formula is C24H46N6O8. The van der Waals surface area contributed by atoms with Gasteiger partial charge in [-0.1, -0.05) is 6.92 Å². The topological polar surface area (TPSA) is 229 Å². The molecule has 1 aliphatic carbocycles. The van der Waals surface area contributed by atoms with Gasteiger partial charge in [-0.05, 0) is 46.4 Å². The molecular weight excluding hydrogens is 500 g/mol. The molecule has 14 nitrogen and oxygen atoms in total. The molecule has 12 N–H and O–H groups in total. The molecule has 0 bridgehead atoms. The molecule has 12 atom stereocenters. The van der Waals surface area contributed by atoms with E-state index in [0.717, 1.165) is 0 Å². The van der Waals surface area contributed by atoms with Crippen LogP contribution in [0.25, 0.3) is 0 Å². The van der Waals surface area contributed by atoms with Crippen LogP contribution in [-0.2, 0) is 23.7 Å². The largest absolute Gasteiger partial charge is 0.466 e. The molecule has 0 aromatic heterocycles. The molecule has 1 saturated heterocycles. The van der Waals surface area contributed by atoms with Crippen LogP contribution in [0.4, 0.5) is 0 Å². The molecule has 38 heavy (non-hydrogen) atoms. The minimum atomic E-state index is -1.31. The predicted molar refractivity (Wildman–Crippen MR) is 137 cm³/mol. The van der Waals surface area contributed by atoms with Crippen molar-refractivity contribution in [2.45, 2.75) is 106 Å². The molecule has 2 heterocycles. The van der Waals surface area contributed by atoms with Crippen LogP contribution >= 0.6 is 0 Å². The molecule has 14 heteroatoms. The molecule has 0 spiro atoms. The van der Waals surface area contributed by atoms with Gasteiger partial charge in [0.1, 0.15) is 35.8 Å². The Morgan fingerprint density at radius 3 is 2.53 bits per heavy atom. The smallest absolute Gasteiger partial charge is 0.237 e. The van der Waals surface area contributed by atoms with E-state index in [2.05, 4.69) is 16.0 Å². The number of carbonyl (C=O) groups excluding carboxylic acids is 1. The summed E-state index contributed by atoms with van der Waals surface area (Å²) in [6.45, 7) is 5.70. The lowest BCUT2D eigenvalue weighted by Crippen LogP contribution is -2.69. The van der Waals surface area contributed by atoms with Crippen molar-refractivity contribution in [2.75, 3.05) is 26.7 Å². The highest BCUT2D eigenvalue weighted by Gasteiger charge is 2.51. The van der Waals surface area contributed by atoms with E-state index in [4.69, 9.17) is 36.1 Å². The van der Waals surface area contributed by atoms with Crippen molar-refractivity contribution in [3.63, 3.8) is 0 Å². The monoisotopic (exact) mass is 546 g/mol. The third kappa shape index (κ3) is 7.20. The summed E-state index contributed by atoms with van der Waals surface area (Å²) >= 11 is 0. The van der Waals surface area contributed by atoms with Crippen molar-refractivity contribution in [1.29, 1.82) is 0 Å². The van der Waals surface area contributed by atoms with Gasteiger partial charge in [-0.3, -0.25) is 4.79 Å². The van der Waals surface area contributed by atoms with Gasteiger partial charge in [-0.2, -0.15) is 0 Å². The van der Waals surface area contributed by atoms with E-state index in [1.165, 1.54) is 0 Å². The summed E-state index contributed by atoms with van der Waals surface area (Å²) in [6.07, 6.45) is -3.65. The van der Waals surface area contributed by atoms with E-state index in [-0.39, 0.29) is 25.1 Å². The van der Waals surface area contributed by atoms with Crippen molar-refractivity contribution < 1.29 is 39.1 Å². The Morgan fingerprint density at radius 1 is 1.21 bits per heavy atom. The maximum absolute atomic E-state index is 11.8. The minimum absolute atomic E-state index is 0.0757. The number of hydrogen-bond donors (Lipinski definition) is 9. The van der Waals surface area contributed by atoms with Gasteiger partial charge in [0.2, 0.25) is 12.2 Å². The van der Waals surface area contributed by atoms with Crippen LogP contribution in [0.3, 0.4) is 0 Å². The Hall–Kier alpha value is -1.43. The zero-order valence-corrected chi connectivity index (χ0v) is 22.6. The molecule has 1 saturated carbocycles. The molecule has 2 fully saturated rings. The number of carbonyl (C=O) groups is 1. The summed E-state index contributed by atoms with van der Waals surface area (Å²) in [5.74, 6) is 0.141. The van der Waals surface area contributed by atoms with E-state index in [9.17, 15) is 20.1 Å². The average molecular weight is 547 g/mol. The molecule has 0 radical (unpaired) electrons. The van der Waals surface area contributed by atoms with Crippen LogP contribution in [0.15, 0.2) is 11.8 Å². The third-order valence-electron chi connectivity index (χ3n) is 7.29. The highest BCUT2D eigenvalue weighted by molar-refractivity contribution is 5.81. The first-order valence-electron chi connectivity index (χ1n) is 13.2. The number of nitrogens with two attached hydrogens (primary N) is 3. The number of aliphatic hydroxyl groups excluding tert-OH is 2. The van der Waals surface area contributed by atoms with Crippen LogP contribution in [0.1, 0.15) is 33.6 Å². The first-order chi connectivity index (χ1) is 17.9. The lowest BCUT2D eigenvalue weighted by Gasteiger charge is -2.49. The van der Waals surface area contributed by atoms with Crippen molar-refractivity contribution in [3.05, 3.63) is 11.8 Å². The maximum Gasteiger partial charge on any atom is 0.237 e. The highest BCUT2D eigenvalue weighted by atomic mass is 16.7. The summed E-state index contributed by atoms with van der Waals surface area (Å²) in [6, 6.07) is -2.85. The Labute approximate surface area is 223 Å². The Kier molecular flexibility index (Phi) is 10.9. The number of hydrogen-bond acceptors (Lipinski definition) is 13. The summed E-state index contributed by atoms with van der Waals surface area (Å²) in [4.78, 5) is 11.8. The van der Waals surface area contributed by atoms with Gasteiger partial charge >= 0.3 is 0 Å². The molecule has 3 rings (SSSR count). The number of rotatable bonds is 10. The summed E-state index contributed by atoms with van der Waals surface area (Å²) in [5, 5.41) is 41.7. The summed E-state index contributed by atoms with van der Waals surface area (Å²) in [5.41, 5.74) is 16.9. The van der Waals surface area contributed by atoms with Crippen LogP contribution in [0, 0.1) is 0 Å². The van der Waals surface area contributed by atoms with Crippen molar-refractivity contribution in [1.82, 2.24) is 16.0 Å². The number of nitrogens with one attached hydrogen (secondary N) is 3. The van der Waals surface area contributed by atoms with E-state index in [1.54, 1.807) is 27.0 Å². The number of ether oxygens (including phenoxy) is 4. The number of aliphatic hydroxyl groups is 3. The first-order valence-corrected chi connectivity index (χ1v) is 13.2. The fourth-order valence-corrected chi connectivity index (χ4v) is 5.17. The second-order valence-corrected chi connectivity index (χ2v) is 10.6. The van der Waals surface area contributed by atoms with E-state index in [1.807, 2.05) is 6.92 Å². The molecule has 1 unspecified atom stereocenters. The van der Waals surface area contributed by atoms with Crippen molar-refractivity contribution in [3.8, 4) is 0 Å². The van der Waals surface area contributed by atoms with Crippen LogP contribution in [-0.4, -0.2) is 121 Å². The molecule has 2 aliphatic heterocycles. The Morgan fingerprint density at radius 2 is 1.89 bits per heavy atom. The van der Waals surface area contributed by atoms with Gasteiger partial charge < -0.3 is 67.4 Å². The normalized spacial score (nSPS) is 42.6. The lowest BCUT2D eigenvalue weighted by atomic mass is 9.83.